The predicted molar refractivity (Wildman–Crippen MR) is 69.6 cm³/mol. The van der Waals surface area contributed by atoms with E-state index in [1.165, 1.54) is 10.8 Å². The van der Waals surface area contributed by atoms with E-state index in [1.54, 1.807) is 12.1 Å². The zero-order valence-electron chi connectivity index (χ0n) is 10.7. The van der Waals surface area contributed by atoms with Gasteiger partial charge in [-0.1, -0.05) is 0 Å². The van der Waals surface area contributed by atoms with Crippen molar-refractivity contribution in [1.82, 2.24) is 9.55 Å². The molecule has 0 unspecified atom stereocenters. The number of rotatable bonds is 4. The summed E-state index contributed by atoms with van der Waals surface area (Å²) in [5, 5.41) is 8.81. The fourth-order valence-electron chi connectivity index (χ4n) is 2.15. The van der Waals surface area contributed by atoms with Gasteiger partial charge in [0.2, 0.25) is 0 Å². The van der Waals surface area contributed by atoms with Gasteiger partial charge in [0.1, 0.15) is 0 Å². The number of hydrogen-bond donors (Lipinski definition) is 1. The number of imidazole rings is 1. The summed E-state index contributed by atoms with van der Waals surface area (Å²) in [4.78, 5) is 15.0. The maximum absolute atomic E-state index is 13.4. The fraction of sp³-hybridized carbons (Fsp3) is 0.143. The van der Waals surface area contributed by atoms with Crippen molar-refractivity contribution in [2.75, 3.05) is 0 Å². The number of hydrogen-bond acceptors (Lipinski definition) is 3. The van der Waals surface area contributed by atoms with Crippen molar-refractivity contribution in [1.29, 1.82) is 0 Å². The number of aryl methyl sites for hydroxylation is 1. The van der Waals surface area contributed by atoms with E-state index in [0.717, 1.165) is 12.1 Å². The first kappa shape index (κ1) is 13.3. The molecule has 2 aromatic heterocycles. The summed E-state index contributed by atoms with van der Waals surface area (Å²) >= 11 is 0. The van der Waals surface area contributed by atoms with Crippen LogP contribution in [-0.2, 0) is 11.3 Å². The van der Waals surface area contributed by atoms with Crippen LogP contribution in [0.25, 0.3) is 22.6 Å². The van der Waals surface area contributed by atoms with Gasteiger partial charge in [-0.2, -0.15) is 0 Å². The molecule has 2 heterocycles. The molecule has 0 radical (unpaired) electrons. The summed E-state index contributed by atoms with van der Waals surface area (Å²) in [6.45, 7) is 0.0763. The smallest absolute Gasteiger partial charge is 0.305 e. The molecule has 0 bridgehead atoms. The number of benzene rings is 1. The van der Waals surface area contributed by atoms with Crippen LogP contribution in [0.5, 0.6) is 0 Å². The molecule has 0 saturated carbocycles. The third-order valence-corrected chi connectivity index (χ3v) is 3.08. The lowest BCUT2D eigenvalue weighted by atomic mass is 10.3. The van der Waals surface area contributed by atoms with E-state index in [9.17, 15) is 13.6 Å². The average Bonchev–Trinajstić information content (AvgIpc) is 3.04. The third-order valence-electron chi connectivity index (χ3n) is 3.08. The summed E-state index contributed by atoms with van der Waals surface area (Å²) in [5.41, 5.74) is 0.562. The van der Waals surface area contributed by atoms with Gasteiger partial charge in [-0.15, -0.1) is 0 Å². The Bertz CT molecular complexity index is 809. The highest BCUT2D eigenvalue weighted by Crippen LogP contribution is 2.27. The minimum absolute atomic E-state index is 0.0763. The zero-order valence-corrected chi connectivity index (χ0v) is 10.7. The molecule has 0 fully saturated rings. The highest BCUT2D eigenvalue weighted by molar-refractivity contribution is 5.80. The van der Waals surface area contributed by atoms with Crippen molar-refractivity contribution in [2.24, 2.45) is 0 Å². The first-order valence-electron chi connectivity index (χ1n) is 6.17. The molecular formula is C14H10F2N2O3. The van der Waals surface area contributed by atoms with Gasteiger partial charge >= 0.3 is 5.97 Å². The molecule has 0 aliphatic rings. The van der Waals surface area contributed by atoms with Crippen molar-refractivity contribution in [3.05, 3.63) is 42.2 Å². The van der Waals surface area contributed by atoms with E-state index in [0.29, 0.717) is 17.1 Å². The second kappa shape index (κ2) is 5.01. The van der Waals surface area contributed by atoms with Gasteiger partial charge in [0, 0.05) is 18.7 Å². The second-order valence-corrected chi connectivity index (χ2v) is 4.46. The minimum Gasteiger partial charge on any atom is -0.481 e. The summed E-state index contributed by atoms with van der Waals surface area (Å²) in [6, 6.07) is 5.28. The number of nitrogens with zero attached hydrogens (tertiary/aromatic N) is 2. The number of aliphatic carboxylic acids is 1. The van der Waals surface area contributed by atoms with Gasteiger partial charge < -0.3 is 14.1 Å². The summed E-state index contributed by atoms with van der Waals surface area (Å²) < 4.78 is 33.5. The average molecular weight is 292 g/mol. The van der Waals surface area contributed by atoms with E-state index in [1.807, 2.05) is 0 Å². The summed E-state index contributed by atoms with van der Waals surface area (Å²) in [7, 11) is 0. The molecule has 3 rings (SSSR count). The van der Waals surface area contributed by atoms with Crippen molar-refractivity contribution in [2.45, 2.75) is 13.0 Å². The molecule has 0 spiro atoms. The molecule has 0 saturated heterocycles. The van der Waals surface area contributed by atoms with E-state index in [-0.39, 0.29) is 18.5 Å². The van der Waals surface area contributed by atoms with Crippen LogP contribution in [0.2, 0.25) is 0 Å². The Labute approximate surface area is 117 Å². The molecule has 7 heteroatoms. The van der Waals surface area contributed by atoms with Gasteiger partial charge in [0.05, 0.1) is 23.7 Å². The molecular weight excluding hydrogens is 282 g/mol. The molecule has 1 N–H and O–H groups in total. The maximum atomic E-state index is 13.4. The molecule has 0 aliphatic carbocycles. The van der Waals surface area contributed by atoms with Crippen molar-refractivity contribution in [3.63, 3.8) is 0 Å². The normalized spacial score (nSPS) is 11.1. The number of fused-ring (bicyclic) bond motifs is 1. The Balaban J connectivity index is 2.20. The molecule has 0 aliphatic heterocycles. The lowest BCUT2D eigenvalue weighted by Crippen LogP contribution is -2.06. The number of furan rings is 1. The summed E-state index contributed by atoms with van der Waals surface area (Å²) in [5.74, 6) is -2.27. The van der Waals surface area contributed by atoms with Crippen LogP contribution in [0, 0.1) is 11.6 Å². The Hall–Kier alpha value is -2.70. The quantitative estimate of drug-likeness (QED) is 0.802. The van der Waals surface area contributed by atoms with Crippen LogP contribution in [-0.4, -0.2) is 20.6 Å². The van der Waals surface area contributed by atoms with Crippen molar-refractivity contribution in [3.8, 4) is 11.6 Å². The van der Waals surface area contributed by atoms with E-state index in [4.69, 9.17) is 9.52 Å². The van der Waals surface area contributed by atoms with Crippen LogP contribution in [0.3, 0.4) is 0 Å². The van der Waals surface area contributed by atoms with Gasteiger partial charge in [-0.25, -0.2) is 13.8 Å². The molecule has 108 valence electrons. The number of carboxylic acids is 1. The Morgan fingerprint density at radius 2 is 2.10 bits per heavy atom. The SMILES string of the molecule is O=C(O)CCn1c(-c2ccco2)nc2cc(F)c(F)cc21. The van der Waals surface area contributed by atoms with Gasteiger partial charge in [-0.05, 0) is 12.1 Å². The molecule has 0 amide bonds. The summed E-state index contributed by atoms with van der Waals surface area (Å²) in [6.07, 6.45) is 1.27. The van der Waals surface area contributed by atoms with E-state index >= 15 is 0 Å². The Kier molecular flexibility index (Phi) is 3.17. The zero-order chi connectivity index (χ0) is 15.0. The van der Waals surface area contributed by atoms with Crippen molar-refractivity contribution >= 4 is 17.0 Å². The largest absolute Gasteiger partial charge is 0.481 e. The van der Waals surface area contributed by atoms with Crippen molar-refractivity contribution < 1.29 is 23.1 Å². The monoisotopic (exact) mass is 292 g/mol. The van der Waals surface area contributed by atoms with Crippen LogP contribution >= 0.6 is 0 Å². The maximum Gasteiger partial charge on any atom is 0.305 e. The standard InChI is InChI=1S/C14H10F2N2O3/c15-8-6-10-11(7-9(8)16)18(4-3-13(19)20)14(17-10)12-2-1-5-21-12/h1-2,5-7H,3-4H2,(H,19,20). The predicted octanol–water partition coefficient (Wildman–Crippen LogP) is 3.05. The molecule has 1 aromatic carbocycles. The topological polar surface area (TPSA) is 68.3 Å². The molecule has 21 heavy (non-hydrogen) atoms. The van der Waals surface area contributed by atoms with E-state index in [2.05, 4.69) is 4.98 Å². The van der Waals surface area contributed by atoms with Gasteiger partial charge in [-0.3, -0.25) is 4.79 Å². The molecule has 0 atom stereocenters. The fourth-order valence-corrected chi connectivity index (χ4v) is 2.15. The third kappa shape index (κ3) is 2.37. The minimum atomic E-state index is -1.01. The molecule has 3 aromatic rings. The van der Waals surface area contributed by atoms with Crippen LogP contribution < -0.4 is 0 Å². The number of carbonyl (C=O) groups is 1. The van der Waals surface area contributed by atoms with Gasteiger partial charge in [0.25, 0.3) is 0 Å². The van der Waals surface area contributed by atoms with Crippen LogP contribution in [0.4, 0.5) is 8.78 Å². The van der Waals surface area contributed by atoms with Crippen LogP contribution in [0.15, 0.2) is 34.9 Å². The number of aromatic nitrogens is 2. The highest BCUT2D eigenvalue weighted by atomic mass is 19.2. The lowest BCUT2D eigenvalue weighted by Gasteiger charge is -2.06. The Morgan fingerprint density at radius 1 is 1.33 bits per heavy atom. The second-order valence-electron chi connectivity index (χ2n) is 4.46. The van der Waals surface area contributed by atoms with Gasteiger partial charge in [0.15, 0.2) is 23.2 Å². The lowest BCUT2D eigenvalue weighted by molar-refractivity contribution is -0.137. The van der Waals surface area contributed by atoms with E-state index < -0.39 is 17.6 Å². The molecule has 5 nitrogen and oxygen atoms in total. The van der Waals surface area contributed by atoms with Crippen LogP contribution in [0.1, 0.15) is 6.42 Å². The highest BCUT2D eigenvalue weighted by Gasteiger charge is 2.17. The number of halogens is 2. The first-order chi connectivity index (χ1) is 10.1. The Morgan fingerprint density at radius 3 is 2.76 bits per heavy atom. The number of carboxylic acid groups (broad SMARTS) is 1. The first-order valence-corrected chi connectivity index (χ1v) is 6.17.